The highest BCUT2D eigenvalue weighted by Gasteiger charge is 2.41. The van der Waals surface area contributed by atoms with Gasteiger partial charge in [0.1, 0.15) is 0 Å². The Hall–Kier alpha value is -1.88. The van der Waals surface area contributed by atoms with Crippen molar-refractivity contribution in [2.45, 2.75) is 82.8 Å². The fraction of sp³-hybridized carbons (Fsp3) is 0.692. The van der Waals surface area contributed by atoms with Gasteiger partial charge in [-0.2, -0.15) is 0 Å². The van der Waals surface area contributed by atoms with Gasteiger partial charge in [0.25, 0.3) is 0 Å². The van der Waals surface area contributed by atoms with Crippen molar-refractivity contribution in [3.63, 3.8) is 0 Å². The number of nitrogens with one attached hydrogen (secondary N) is 1. The minimum absolute atomic E-state index is 0.0584. The normalized spacial score (nSPS) is 29.7. The van der Waals surface area contributed by atoms with Gasteiger partial charge < -0.3 is 15.0 Å². The van der Waals surface area contributed by atoms with Crippen molar-refractivity contribution in [3.05, 3.63) is 29.8 Å². The smallest absolute Gasteiger partial charge is 0.227 e. The lowest BCUT2D eigenvalue weighted by molar-refractivity contribution is -0.138. The first-order chi connectivity index (χ1) is 15.2. The first-order valence-electron chi connectivity index (χ1n) is 12.5. The third-order valence-corrected chi connectivity index (χ3v) is 8.04. The van der Waals surface area contributed by atoms with Gasteiger partial charge in [-0.1, -0.05) is 44.2 Å². The van der Waals surface area contributed by atoms with Gasteiger partial charge in [-0.05, 0) is 56.2 Å². The molecule has 4 aliphatic rings. The quantitative estimate of drug-likeness (QED) is 0.734. The molecule has 31 heavy (non-hydrogen) atoms. The van der Waals surface area contributed by atoms with Crippen molar-refractivity contribution in [2.24, 2.45) is 17.8 Å². The molecule has 1 N–H and O–H groups in total. The summed E-state index contributed by atoms with van der Waals surface area (Å²) < 4.78 is 6.43. The van der Waals surface area contributed by atoms with Crippen LogP contribution in [-0.4, -0.2) is 35.9 Å². The molecule has 2 amide bonds. The van der Waals surface area contributed by atoms with Gasteiger partial charge in [-0.15, -0.1) is 0 Å². The van der Waals surface area contributed by atoms with E-state index in [1.165, 1.54) is 19.3 Å². The number of carbonyl (C=O) groups is 2. The molecule has 5 nitrogen and oxygen atoms in total. The van der Waals surface area contributed by atoms with E-state index >= 15 is 0 Å². The lowest BCUT2D eigenvalue weighted by Crippen LogP contribution is -2.46. The zero-order valence-corrected chi connectivity index (χ0v) is 18.6. The molecule has 1 aromatic rings. The second-order valence-corrected chi connectivity index (χ2v) is 10.2. The number of piperidine rings is 1. The van der Waals surface area contributed by atoms with Crippen molar-refractivity contribution in [1.29, 1.82) is 0 Å². The van der Waals surface area contributed by atoms with Crippen LogP contribution < -0.4 is 5.32 Å². The monoisotopic (exact) mass is 424 g/mol. The fourth-order valence-corrected chi connectivity index (χ4v) is 6.23. The van der Waals surface area contributed by atoms with Gasteiger partial charge in [0.05, 0.1) is 12.2 Å². The van der Waals surface area contributed by atoms with Crippen LogP contribution in [0.15, 0.2) is 24.3 Å². The second-order valence-electron chi connectivity index (χ2n) is 10.2. The van der Waals surface area contributed by atoms with Gasteiger partial charge in [-0.25, -0.2) is 0 Å². The molecule has 0 unspecified atom stereocenters. The number of hydrogen-bond acceptors (Lipinski definition) is 3. The number of hydrogen-bond donors (Lipinski definition) is 1. The van der Waals surface area contributed by atoms with Crippen LogP contribution in [-0.2, 0) is 14.3 Å². The molecule has 5 rings (SSSR count). The van der Waals surface area contributed by atoms with Crippen LogP contribution in [0.3, 0.4) is 0 Å². The number of benzene rings is 1. The summed E-state index contributed by atoms with van der Waals surface area (Å²) >= 11 is 0. The Labute approximate surface area is 185 Å². The van der Waals surface area contributed by atoms with E-state index in [0.717, 1.165) is 75.7 Å². The number of likely N-dealkylation sites (tertiary alicyclic amines) is 1. The third kappa shape index (κ3) is 4.67. The minimum atomic E-state index is 0.0584. The van der Waals surface area contributed by atoms with Crippen LogP contribution in [0.4, 0.5) is 5.69 Å². The van der Waals surface area contributed by atoms with Crippen molar-refractivity contribution >= 4 is 17.5 Å². The molecule has 0 bridgehead atoms. The van der Waals surface area contributed by atoms with Crippen molar-refractivity contribution in [3.8, 4) is 0 Å². The first-order valence-corrected chi connectivity index (χ1v) is 12.5. The molecule has 2 heterocycles. The Morgan fingerprint density at radius 3 is 2.48 bits per heavy atom. The molecule has 0 spiro atoms. The predicted molar refractivity (Wildman–Crippen MR) is 121 cm³/mol. The topological polar surface area (TPSA) is 58.6 Å². The molecular formula is C26H36N2O3. The van der Waals surface area contributed by atoms with Crippen molar-refractivity contribution in [2.75, 3.05) is 18.4 Å². The maximum Gasteiger partial charge on any atom is 0.227 e. The lowest BCUT2D eigenvalue weighted by Gasteiger charge is -2.35. The van der Waals surface area contributed by atoms with Crippen LogP contribution >= 0.6 is 0 Å². The van der Waals surface area contributed by atoms with Crippen LogP contribution in [0.1, 0.15) is 82.3 Å². The van der Waals surface area contributed by atoms with Gasteiger partial charge in [0.2, 0.25) is 11.8 Å². The molecule has 4 fully saturated rings. The van der Waals surface area contributed by atoms with E-state index < -0.39 is 0 Å². The predicted octanol–water partition coefficient (Wildman–Crippen LogP) is 5.07. The molecule has 2 saturated carbocycles. The molecule has 2 aliphatic carbocycles. The Bertz CT molecular complexity index is 798. The van der Waals surface area contributed by atoms with E-state index in [4.69, 9.17) is 4.74 Å². The standard InChI is InChI=1S/C26H36N2O3/c29-25(18-7-2-1-3-8-18)27-22-12-6-11-20(15-22)24-16-21-17-28(14-13-23(21)31-24)26(30)19-9-4-5-10-19/h6,11-12,15,18-19,21,23-24H,1-5,7-10,13-14,16-17H2,(H,27,29)/t21-,23+,24+/m1/s1. The first kappa shape index (κ1) is 21.0. The highest BCUT2D eigenvalue weighted by Crippen LogP contribution is 2.42. The van der Waals surface area contributed by atoms with Crippen LogP contribution in [0.2, 0.25) is 0 Å². The van der Waals surface area contributed by atoms with Gasteiger partial charge in [-0.3, -0.25) is 9.59 Å². The Kier molecular flexibility index (Phi) is 6.31. The number of fused-ring (bicyclic) bond motifs is 1. The maximum atomic E-state index is 12.9. The summed E-state index contributed by atoms with van der Waals surface area (Å²) in [4.78, 5) is 27.6. The molecular weight excluding hydrogens is 388 g/mol. The van der Waals surface area contributed by atoms with Crippen LogP contribution in [0, 0.1) is 17.8 Å². The van der Waals surface area contributed by atoms with Crippen LogP contribution in [0.5, 0.6) is 0 Å². The third-order valence-electron chi connectivity index (χ3n) is 8.04. The summed E-state index contributed by atoms with van der Waals surface area (Å²) in [5.74, 6) is 1.39. The Morgan fingerprint density at radius 2 is 1.68 bits per heavy atom. The van der Waals surface area contributed by atoms with E-state index in [2.05, 4.69) is 22.3 Å². The van der Waals surface area contributed by atoms with Gasteiger partial charge >= 0.3 is 0 Å². The summed E-state index contributed by atoms with van der Waals surface area (Å²) in [5, 5.41) is 3.14. The van der Waals surface area contributed by atoms with Gasteiger partial charge in [0, 0.05) is 36.5 Å². The van der Waals surface area contributed by atoms with E-state index in [1.54, 1.807) is 0 Å². The number of nitrogens with zero attached hydrogens (tertiary/aromatic N) is 1. The van der Waals surface area contributed by atoms with Crippen LogP contribution in [0.25, 0.3) is 0 Å². The summed E-state index contributed by atoms with van der Waals surface area (Å²) in [7, 11) is 0. The van der Waals surface area contributed by atoms with E-state index in [9.17, 15) is 9.59 Å². The maximum absolute atomic E-state index is 12.9. The Balaban J connectivity index is 1.19. The molecule has 2 saturated heterocycles. The molecule has 168 valence electrons. The Morgan fingerprint density at radius 1 is 0.935 bits per heavy atom. The summed E-state index contributed by atoms with van der Waals surface area (Å²) in [6.07, 6.45) is 12.4. The largest absolute Gasteiger partial charge is 0.370 e. The fourth-order valence-electron chi connectivity index (χ4n) is 6.23. The summed E-state index contributed by atoms with van der Waals surface area (Å²) in [6, 6.07) is 8.20. The summed E-state index contributed by atoms with van der Waals surface area (Å²) in [5.41, 5.74) is 2.02. The molecule has 0 radical (unpaired) electrons. The van der Waals surface area contributed by atoms with E-state index in [-0.39, 0.29) is 30.0 Å². The number of rotatable bonds is 4. The van der Waals surface area contributed by atoms with Gasteiger partial charge in [0.15, 0.2) is 0 Å². The molecule has 0 aromatic heterocycles. The molecule has 5 heteroatoms. The summed E-state index contributed by atoms with van der Waals surface area (Å²) in [6.45, 7) is 1.68. The number of ether oxygens (including phenoxy) is 1. The zero-order valence-electron chi connectivity index (χ0n) is 18.6. The average molecular weight is 425 g/mol. The lowest BCUT2D eigenvalue weighted by atomic mass is 9.88. The van der Waals surface area contributed by atoms with E-state index in [1.807, 2.05) is 12.1 Å². The highest BCUT2D eigenvalue weighted by molar-refractivity contribution is 5.92. The number of anilines is 1. The second kappa shape index (κ2) is 9.32. The number of amides is 2. The SMILES string of the molecule is O=C(Nc1cccc([C@@H]2C[C@@H]3CN(C(=O)C4CCCC4)CC[C@@H]3O2)c1)C1CCCCC1. The molecule has 2 aliphatic heterocycles. The van der Waals surface area contributed by atoms with E-state index in [0.29, 0.717) is 11.8 Å². The van der Waals surface area contributed by atoms with Crippen molar-refractivity contribution in [1.82, 2.24) is 4.90 Å². The van der Waals surface area contributed by atoms with Crippen molar-refractivity contribution < 1.29 is 14.3 Å². The minimum Gasteiger partial charge on any atom is -0.370 e. The molecule has 3 atom stereocenters. The zero-order chi connectivity index (χ0) is 21.2. The highest BCUT2D eigenvalue weighted by atomic mass is 16.5. The molecule has 1 aromatic carbocycles. The average Bonchev–Trinajstić information content (AvgIpc) is 3.49. The number of carbonyl (C=O) groups excluding carboxylic acids is 2.